The van der Waals surface area contributed by atoms with Gasteiger partial charge in [0, 0.05) is 12.3 Å². The van der Waals surface area contributed by atoms with Crippen molar-refractivity contribution in [3.63, 3.8) is 0 Å². The molecule has 0 unspecified atom stereocenters. The molecule has 1 N–H and O–H groups in total. The number of aryl methyl sites for hydroxylation is 1. The second-order valence-electron chi connectivity index (χ2n) is 5.06. The maximum atomic E-state index is 12.1. The molecule has 1 aliphatic rings. The van der Waals surface area contributed by atoms with Gasteiger partial charge in [0.05, 0.1) is 13.2 Å². The molecule has 2 aromatic rings. The Kier molecular flexibility index (Phi) is 3.31. The molecule has 5 nitrogen and oxygen atoms in total. The quantitative estimate of drug-likeness (QED) is 0.786. The van der Waals surface area contributed by atoms with E-state index in [0.29, 0.717) is 0 Å². The molecule has 3 heterocycles. The third kappa shape index (κ3) is 2.67. The van der Waals surface area contributed by atoms with Crippen LogP contribution in [0.4, 0.5) is 0 Å². The Morgan fingerprint density at radius 1 is 1.37 bits per heavy atom. The number of fused-ring (bicyclic) bond motifs is 1. The molecular weight excluding hydrogens is 242 g/mol. The summed E-state index contributed by atoms with van der Waals surface area (Å²) < 4.78 is 6.94. The molecule has 19 heavy (non-hydrogen) atoms. The molecule has 3 rings (SSSR count). The maximum absolute atomic E-state index is 12.1. The molecule has 1 fully saturated rings. The van der Waals surface area contributed by atoms with Crippen LogP contribution in [-0.2, 0) is 11.3 Å². The molecule has 1 saturated heterocycles. The Labute approximate surface area is 111 Å². The third-order valence-corrected chi connectivity index (χ3v) is 3.49. The Balaban J connectivity index is 1.92. The van der Waals surface area contributed by atoms with Gasteiger partial charge in [-0.2, -0.15) is 0 Å². The SMILES string of the molecule is Cc1ccc2nc(C[NH+]3CCOCC3)cc(=O)n2c1. The van der Waals surface area contributed by atoms with Crippen LogP contribution in [0.15, 0.2) is 29.2 Å². The number of hydrogen-bond donors (Lipinski definition) is 1. The van der Waals surface area contributed by atoms with Crippen LogP contribution in [0.2, 0.25) is 0 Å². The molecule has 0 spiro atoms. The van der Waals surface area contributed by atoms with Gasteiger partial charge in [0.2, 0.25) is 0 Å². The first kappa shape index (κ1) is 12.3. The molecule has 0 saturated carbocycles. The lowest BCUT2D eigenvalue weighted by Crippen LogP contribution is -3.12. The fourth-order valence-electron chi connectivity index (χ4n) is 2.44. The van der Waals surface area contributed by atoms with Gasteiger partial charge in [-0.3, -0.25) is 9.20 Å². The minimum absolute atomic E-state index is 0.00337. The number of hydrogen-bond acceptors (Lipinski definition) is 3. The van der Waals surface area contributed by atoms with Crippen molar-refractivity contribution in [3.8, 4) is 0 Å². The van der Waals surface area contributed by atoms with Crippen molar-refractivity contribution in [2.75, 3.05) is 26.3 Å². The number of ether oxygens (including phenoxy) is 1. The van der Waals surface area contributed by atoms with E-state index in [4.69, 9.17) is 4.74 Å². The summed E-state index contributed by atoms with van der Waals surface area (Å²) in [6.07, 6.45) is 1.83. The summed E-state index contributed by atoms with van der Waals surface area (Å²) in [6.45, 7) is 6.31. The summed E-state index contributed by atoms with van der Waals surface area (Å²) in [5.74, 6) is 0. The van der Waals surface area contributed by atoms with Crippen molar-refractivity contribution in [2.45, 2.75) is 13.5 Å². The Morgan fingerprint density at radius 2 is 2.16 bits per heavy atom. The molecule has 1 aliphatic heterocycles. The standard InChI is InChI=1S/C14H17N3O2/c1-11-2-3-13-15-12(8-14(18)17(13)9-11)10-16-4-6-19-7-5-16/h2-3,8-9H,4-7,10H2,1H3/p+1. The highest BCUT2D eigenvalue weighted by Gasteiger charge is 2.15. The van der Waals surface area contributed by atoms with Gasteiger partial charge in [-0.25, -0.2) is 4.98 Å². The first-order chi connectivity index (χ1) is 9.22. The monoisotopic (exact) mass is 260 g/mol. The Bertz CT molecular complexity index is 645. The summed E-state index contributed by atoms with van der Waals surface area (Å²) >= 11 is 0. The summed E-state index contributed by atoms with van der Waals surface area (Å²) in [4.78, 5) is 18.1. The van der Waals surface area contributed by atoms with Gasteiger partial charge in [-0.05, 0) is 18.6 Å². The van der Waals surface area contributed by atoms with Crippen LogP contribution in [0.3, 0.4) is 0 Å². The summed E-state index contributed by atoms with van der Waals surface area (Å²) in [7, 11) is 0. The molecular formula is C14H18N3O2+. The number of quaternary nitrogens is 1. The van der Waals surface area contributed by atoms with Gasteiger partial charge in [0.25, 0.3) is 5.56 Å². The van der Waals surface area contributed by atoms with Crippen molar-refractivity contribution in [1.82, 2.24) is 9.38 Å². The number of aromatic nitrogens is 2. The van der Waals surface area contributed by atoms with E-state index in [1.165, 1.54) is 4.90 Å². The van der Waals surface area contributed by atoms with Crippen molar-refractivity contribution >= 4 is 5.65 Å². The van der Waals surface area contributed by atoms with Gasteiger partial charge in [-0.1, -0.05) is 6.07 Å². The third-order valence-electron chi connectivity index (χ3n) is 3.49. The van der Waals surface area contributed by atoms with Gasteiger partial charge in [-0.15, -0.1) is 0 Å². The van der Waals surface area contributed by atoms with Crippen molar-refractivity contribution in [2.24, 2.45) is 0 Å². The van der Waals surface area contributed by atoms with Gasteiger partial charge in [0.1, 0.15) is 31.0 Å². The largest absolute Gasteiger partial charge is 0.370 e. The van der Waals surface area contributed by atoms with Crippen LogP contribution in [0.5, 0.6) is 0 Å². The average molecular weight is 260 g/mol. The van der Waals surface area contributed by atoms with E-state index in [2.05, 4.69) is 4.98 Å². The fourth-order valence-corrected chi connectivity index (χ4v) is 2.44. The highest BCUT2D eigenvalue weighted by atomic mass is 16.5. The van der Waals surface area contributed by atoms with E-state index >= 15 is 0 Å². The molecule has 0 aromatic carbocycles. The second kappa shape index (κ2) is 5.11. The van der Waals surface area contributed by atoms with Crippen LogP contribution >= 0.6 is 0 Å². The van der Waals surface area contributed by atoms with E-state index in [1.807, 2.05) is 25.3 Å². The molecule has 0 amide bonds. The number of rotatable bonds is 2. The number of pyridine rings is 1. The maximum Gasteiger partial charge on any atom is 0.258 e. The minimum Gasteiger partial charge on any atom is -0.370 e. The summed E-state index contributed by atoms with van der Waals surface area (Å²) in [5, 5.41) is 0. The van der Waals surface area contributed by atoms with Crippen LogP contribution in [0.25, 0.3) is 5.65 Å². The Hall–Kier alpha value is -1.72. The van der Waals surface area contributed by atoms with Crippen LogP contribution in [0.1, 0.15) is 11.3 Å². The Morgan fingerprint density at radius 3 is 2.95 bits per heavy atom. The highest BCUT2D eigenvalue weighted by molar-refractivity contribution is 5.39. The lowest BCUT2D eigenvalue weighted by atomic mass is 10.3. The zero-order valence-corrected chi connectivity index (χ0v) is 11.1. The predicted octanol–water partition coefficient (Wildman–Crippen LogP) is -0.582. The lowest BCUT2D eigenvalue weighted by Gasteiger charge is -2.23. The zero-order valence-electron chi connectivity index (χ0n) is 11.1. The molecule has 100 valence electrons. The molecule has 0 atom stereocenters. The molecule has 0 bridgehead atoms. The predicted molar refractivity (Wildman–Crippen MR) is 71.4 cm³/mol. The van der Waals surface area contributed by atoms with E-state index in [-0.39, 0.29) is 5.56 Å². The summed E-state index contributed by atoms with van der Waals surface area (Å²) in [6, 6.07) is 5.52. The van der Waals surface area contributed by atoms with Crippen molar-refractivity contribution in [1.29, 1.82) is 0 Å². The number of nitrogens with zero attached hydrogens (tertiary/aromatic N) is 2. The average Bonchev–Trinajstić information content (AvgIpc) is 2.41. The second-order valence-corrected chi connectivity index (χ2v) is 5.06. The first-order valence-corrected chi connectivity index (χ1v) is 6.63. The fraction of sp³-hybridized carbons (Fsp3) is 0.429. The lowest BCUT2D eigenvalue weighted by molar-refractivity contribution is -0.921. The summed E-state index contributed by atoms with van der Waals surface area (Å²) in [5.41, 5.74) is 2.64. The van der Waals surface area contributed by atoms with Gasteiger partial charge in [0.15, 0.2) is 0 Å². The van der Waals surface area contributed by atoms with Gasteiger partial charge < -0.3 is 9.64 Å². The van der Waals surface area contributed by atoms with Crippen LogP contribution in [0, 0.1) is 6.92 Å². The van der Waals surface area contributed by atoms with E-state index in [0.717, 1.165) is 49.8 Å². The molecule has 2 aromatic heterocycles. The first-order valence-electron chi connectivity index (χ1n) is 6.63. The highest BCUT2D eigenvalue weighted by Crippen LogP contribution is 2.01. The van der Waals surface area contributed by atoms with Gasteiger partial charge >= 0.3 is 0 Å². The number of nitrogens with one attached hydrogen (secondary N) is 1. The van der Waals surface area contributed by atoms with E-state index in [9.17, 15) is 4.79 Å². The number of morpholine rings is 1. The van der Waals surface area contributed by atoms with Crippen molar-refractivity contribution < 1.29 is 9.64 Å². The van der Waals surface area contributed by atoms with Crippen LogP contribution in [-0.4, -0.2) is 35.7 Å². The van der Waals surface area contributed by atoms with E-state index in [1.54, 1.807) is 10.5 Å². The molecule has 0 radical (unpaired) electrons. The smallest absolute Gasteiger partial charge is 0.258 e. The van der Waals surface area contributed by atoms with Crippen LogP contribution < -0.4 is 10.5 Å². The van der Waals surface area contributed by atoms with E-state index < -0.39 is 0 Å². The topological polar surface area (TPSA) is 48.0 Å². The van der Waals surface area contributed by atoms with Crippen molar-refractivity contribution in [3.05, 3.63) is 46.0 Å². The minimum atomic E-state index is -0.00337. The normalized spacial score (nSPS) is 16.9. The molecule has 5 heteroatoms. The molecule has 0 aliphatic carbocycles. The zero-order chi connectivity index (χ0) is 13.2.